The van der Waals surface area contributed by atoms with Gasteiger partial charge in [-0.1, -0.05) is 70.4 Å². The average Bonchev–Trinajstić information content (AvgIpc) is 2.71. The molecule has 0 bridgehead atoms. The fourth-order valence-corrected chi connectivity index (χ4v) is 3.50. The van der Waals surface area contributed by atoms with Crippen LogP contribution in [0, 0.1) is 0 Å². The molecule has 172 valence electrons. The van der Waals surface area contributed by atoms with Crippen LogP contribution in [0.4, 0.5) is 0 Å². The molecule has 0 aliphatic heterocycles. The highest BCUT2D eigenvalue weighted by Crippen LogP contribution is 2.09. The Balaban J connectivity index is 3.36. The highest BCUT2D eigenvalue weighted by atomic mass is 16.1. The first-order valence-corrected chi connectivity index (χ1v) is 12.3. The van der Waals surface area contributed by atoms with Gasteiger partial charge in [0.05, 0.1) is 0 Å². The van der Waals surface area contributed by atoms with E-state index in [4.69, 9.17) is 11.5 Å². The first-order chi connectivity index (χ1) is 14.2. The van der Waals surface area contributed by atoms with E-state index in [9.17, 15) is 4.79 Å². The first-order valence-electron chi connectivity index (χ1n) is 12.3. The van der Waals surface area contributed by atoms with Crippen molar-refractivity contribution < 1.29 is 4.79 Å². The van der Waals surface area contributed by atoms with Gasteiger partial charge in [-0.2, -0.15) is 0 Å². The predicted octanol–water partition coefficient (Wildman–Crippen LogP) is 4.36. The van der Waals surface area contributed by atoms with Crippen LogP contribution in [0.3, 0.4) is 0 Å². The third-order valence-electron chi connectivity index (χ3n) is 5.31. The van der Waals surface area contributed by atoms with Crippen molar-refractivity contribution in [1.82, 2.24) is 10.2 Å². The molecule has 5 nitrogen and oxygen atoms in total. The minimum Gasteiger partial charge on any atom is -0.355 e. The molecule has 0 fully saturated rings. The molecular weight excluding hydrogens is 360 g/mol. The Bertz CT molecular complexity index is 368. The fourth-order valence-electron chi connectivity index (χ4n) is 3.50. The number of nitrogens with two attached hydrogens (primary N) is 2. The van der Waals surface area contributed by atoms with Crippen LogP contribution >= 0.6 is 0 Å². The normalized spacial score (nSPS) is 11.6. The van der Waals surface area contributed by atoms with Crippen molar-refractivity contribution in [2.75, 3.05) is 39.3 Å². The van der Waals surface area contributed by atoms with E-state index in [-0.39, 0.29) is 5.91 Å². The molecule has 0 spiro atoms. The summed E-state index contributed by atoms with van der Waals surface area (Å²) in [6.45, 7) is 6.70. The Morgan fingerprint density at radius 1 is 0.759 bits per heavy atom. The van der Waals surface area contributed by atoms with E-state index in [1.807, 2.05) is 0 Å². The molecule has 0 radical (unpaired) electrons. The van der Waals surface area contributed by atoms with Gasteiger partial charge in [-0.25, -0.2) is 0 Å². The molecule has 0 aromatic rings. The van der Waals surface area contributed by atoms with E-state index in [0.717, 1.165) is 32.5 Å². The number of nitrogens with zero attached hydrogens (tertiary/aromatic N) is 1. The molecule has 0 unspecified atom stereocenters. The van der Waals surface area contributed by atoms with Gasteiger partial charge >= 0.3 is 0 Å². The number of nitrogens with one attached hydrogen (secondary N) is 1. The maximum Gasteiger partial charge on any atom is 0.220 e. The maximum atomic E-state index is 11.9. The van der Waals surface area contributed by atoms with Gasteiger partial charge in [-0.05, 0) is 32.1 Å². The molecule has 0 aromatic carbocycles. The molecule has 5 heteroatoms. The van der Waals surface area contributed by atoms with Crippen LogP contribution in [-0.2, 0) is 4.79 Å². The second-order valence-corrected chi connectivity index (χ2v) is 8.10. The summed E-state index contributed by atoms with van der Waals surface area (Å²) in [5.74, 6) is 0.170. The minimum absolute atomic E-state index is 0.170. The molecule has 0 heterocycles. The summed E-state index contributed by atoms with van der Waals surface area (Å²) in [6, 6.07) is 0. The third kappa shape index (κ3) is 21.6. The zero-order valence-corrected chi connectivity index (χ0v) is 19.3. The Morgan fingerprint density at radius 3 is 1.83 bits per heavy atom. The molecule has 0 aromatic heterocycles. The molecule has 29 heavy (non-hydrogen) atoms. The molecule has 0 aliphatic rings. The Labute approximate surface area is 181 Å². The van der Waals surface area contributed by atoms with Crippen LogP contribution in [-0.4, -0.2) is 50.1 Å². The number of unbranched alkanes of at least 4 members (excludes halogenated alkanes) is 11. The van der Waals surface area contributed by atoms with Crippen LogP contribution in [0.5, 0.6) is 0 Å². The number of amides is 1. The molecule has 5 N–H and O–H groups in total. The minimum atomic E-state index is 0.170. The van der Waals surface area contributed by atoms with Crippen molar-refractivity contribution in [2.45, 2.75) is 96.8 Å². The summed E-state index contributed by atoms with van der Waals surface area (Å²) in [4.78, 5) is 14.1. The van der Waals surface area contributed by atoms with Crippen molar-refractivity contribution in [3.63, 3.8) is 0 Å². The Kier molecular flexibility index (Phi) is 22.6. The number of carbonyl (C=O) groups excluding carboxylic acids is 1. The van der Waals surface area contributed by atoms with Crippen molar-refractivity contribution in [3.8, 4) is 0 Å². The number of hydrogen-bond donors (Lipinski definition) is 3. The first kappa shape index (κ1) is 28.1. The molecule has 0 rings (SSSR count). The van der Waals surface area contributed by atoms with Crippen LogP contribution in [0.1, 0.15) is 96.8 Å². The van der Waals surface area contributed by atoms with Gasteiger partial charge in [-0.3, -0.25) is 9.69 Å². The van der Waals surface area contributed by atoms with Gasteiger partial charge in [0.1, 0.15) is 0 Å². The zero-order chi connectivity index (χ0) is 21.4. The standard InChI is InChI=1S/C24H50N4O/c1-2-3-4-5-6-7-8-9-10-11-12-13-14-15-16-17-24(29)27-20-23-28(21-18-25)22-19-26/h9-10H,2-8,11-23,25-26H2,1H3,(H,27,29)/b10-9-. The second-order valence-electron chi connectivity index (χ2n) is 8.10. The smallest absolute Gasteiger partial charge is 0.220 e. The average molecular weight is 411 g/mol. The lowest BCUT2D eigenvalue weighted by Gasteiger charge is -2.20. The van der Waals surface area contributed by atoms with Gasteiger partial charge in [0, 0.05) is 45.7 Å². The van der Waals surface area contributed by atoms with E-state index < -0.39 is 0 Å². The lowest BCUT2D eigenvalue weighted by molar-refractivity contribution is -0.121. The largest absolute Gasteiger partial charge is 0.355 e. The van der Waals surface area contributed by atoms with Gasteiger partial charge in [0.25, 0.3) is 0 Å². The number of hydrogen-bond acceptors (Lipinski definition) is 4. The fraction of sp³-hybridized carbons (Fsp3) is 0.875. The molecular formula is C24H50N4O. The second kappa shape index (κ2) is 23.4. The molecule has 0 aliphatic carbocycles. The van der Waals surface area contributed by atoms with Gasteiger partial charge < -0.3 is 16.8 Å². The SMILES string of the molecule is CCCCCCCC/C=C\CCCCCCCC(=O)NCCN(CCN)CCN. The number of allylic oxidation sites excluding steroid dienone is 2. The Morgan fingerprint density at radius 2 is 1.28 bits per heavy atom. The van der Waals surface area contributed by atoms with E-state index in [2.05, 4.69) is 29.3 Å². The van der Waals surface area contributed by atoms with Crippen molar-refractivity contribution in [3.05, 3.63) is 12.2 Å². The van der Waals surface area contributed by atoms with E-state index >= 15 is 0 Å². The molecule has 1 amide bonds. The zero-order valence-electron chi connectivity index (χ0n) is 19.3. The molecule has 0 saturated heterocycles. The molecule has 0 saturated carbocycles. The third-order valence-corrected chi connectivity index (χ3v) is 5.31. The number of rotatable bonds is 22. The van der Waals surface area contributed by atoms with Gasteiger partial charge in [0.2, 0.25) is 5.91 Å². The summed E-state index contributed by atoms with van der Waals surface area (Å²) < 4.78 is 0. The lowest BCUT2D eigenvalue weighted by Crippen LogP contribution is -2.39. The van der Waals surface area contributed by atoms with Crippen molar-refractivity contribution >= 4 is 5.91 Å². The van der Waals surface area contributed by atoms with Crippen molar-refractivity contribution in [1.29, 1.82) is 0 Å². The summed E-state index contributed by atoms with van der Waals surface area (Å²) in [5.41, 5.74) is 11.2. The van der Waals surface area contributed by atoms with E-state index in [0.29, 0.717) is 26.1 Å². The number of carbonyl (C=O) groups is 1. The van der Waals surface area contributed by atoms with Crippen LogP contribution in [0.25, 0.3) is 0 Å². The summed E-state index contributed by atoms with van der Waals surface area (Å²) >= 11 is 0. The summed E-state index contributed by atoms with van der Waals surface area (Å²) in [7, 11) is 0. The quantitative estimate of drug-likeness (QED) is 0.183. The molecule has 0 atom stereocenters. The summed E-state index contributed by atoms with van der Waals surface area (Å²) in [6.07, 6.45) is 22.0. The maximum absolute atomic E-state index is 11.9. The summed E-state index contributed by atoms with van der Waals surface area (Å²) in [5, 5.41) is 3.01. The monoisotopic (exact) mass is 410 g/mol. The van der Waals surface area contributed by atoms with Crippen LogP contribution in [0.15, 0.2) is 12.2 Å². The highest BCUT2D eigenvalue weighted by Gasteiger charge is 2.04. The van der Waals surface area contributed by atoms with Crippen molar-refractivity contribution in [2.24, 2.45) is 11.5 Å². The predicted molar refractivity (Wildman–Crippen MR) is 127 cm³/mol. The Hall–Kier alpha value is -0.910. The van der Waals surface area contributed by atoms with Crippen LogP contribution < -0.4 is 16.8 Å². The topological polar surface area (TPSA) is 84.4 Å². The highest BCUT2D eigenvalue weighted by molar-refractivity contribution is 5.75. The van der Waals surface area contributed by atoms with E-state index in [1.54, 1.807) is 0 Å². The van der Waals surface area contributed by atoms with Crippen LogP contribution in [0.2, 0.25) is 0 Å². The van der Waals surface area contributed by atoms with E-state index in [1.165, 1.54) is 70.6 Å². The lowest BCUT2D eigenvalue weighted by atomic mass is 10.1. The van der Waals surface area contributed by atoms with Gasteiger partial charge in [0.15, 0.2) is 0 Å². The van der Waals surface area contributed by atoms with Gasteiger partial charge in [-0.15, -0.1) is 0 Å².